The first-order valence-corrected chi connectivity index (χ1v) is 6.35. The average molecular weight is 238 g/mol. The Morgan fingerprint density at radius 1 is 1.53 bits per heavy atom. The van der Waals surface area contributed by atoms with Gasteiger partial charge in [0.25, 0.3) is 0 Å². The molecule has 0 atom stereocenters. The fraction of sp³-hybridized carbons (Fsp3) is 0.692. The molecule has 2 heterocycles. The van der Waals surface area contributed by atoms with Gasteiger partial charge in [-0.05, 0) is 38.5 Å². The van der Waals surface area contributed by atoms with Crippen LogP contribution in [0.15, 0.2) is 23.5 Å². The number of rotatable bonds is 4. The van der Waals surface area contributed by atoms with Crippen molar-refractivity contribution in [2.45, 2.75) is 25.9 Å². The molecular formula is C13H22N2O2. The number of nitrogens with one attached hydrogen (secondary N) is 1. The summed E-state index contributed by atoms with van der Waals surface area (Å²) < 4.78 is 11.1. The molecule has 2 rings (SSSR count). The Morgan fingerprint density at radius 2 is 2.35 bits per heavy atom. The monoisotopic (exact) mass is 238 g/mol. The minimum Gasteiger partial charge on any atom is -0.486 e. The van der Waals surface area contributed by atoms with Gasteiger partial charge in [0.15, 0.2) is 0 Å². The molecule has 2 saturated heterocycles. The predicted octanol–water partition coefficient (Wildman–Crippen LogP) is 1.46. The fourth-order valence-electron chi connectivity index (χ4n) is 2.12. The van der Waals surface area contributed by atoms with Crippen molar-refractivity contribution in [1.82, 2.24) is 10.4 Å². The molecule has 2 aliphatic heterocycles. The topological polar surface area (TPSA) is 33.7 Å². The summed E-state index contributed by atoms with van der Waals surface area (Å²) in [6, 6.07) is 0. The lowest BCUT2D eigenvalue weighted by molar-refractivity contribution is -0.106. The molecule has 0 saturated carbocycles. The average Bonchev–Trinajstić information content (AvgIpc) is 2.32. The maximum Gasteiger partial charge on any atom is 0.145 e. The van der Waals surface area contributed by atoms with E-state index in [9.17, 15) is 0 Å². The summed E-state index contributed by atoms with van der Waals surface area (Å²) in [7, 11) is 1.97. The van der Waals surface area contributed by atoms with Gasteiger partial charge in [-0.3, -0.25) is 5.43 Å². The Kier molecular flexibility index (Phi) is 4.59. The highest BCUT2D eigenvalue weighted by Gasteiger charge is 2.23. The highest BCUT2D eigenvalue weighted by molar-refractivity contribution is 5.22. The van der Waals surface area contributed by atoms with Crippen LogP contribution in [0.1, 0.15) is 19.8 Å². The van der Waals surface area contributed by atoms with E-state index in [1.54, 1.807) is 0 Å². The molecule has 2 fully saturated rings. The van der Waals surface area contributed by atoms with Crippen LogP contribution in [0.3, 0.4) is 0 Å². The predicted molar refractivity (Wildman–Crippen MR) is 67.4 cm³/mol. The SMILES string of the molecule is C/C=C\C(OC1COC1)=C1\CCCN(NC)C1. The second kappa shape index (κ2) is 6.19. The summed E-state index contributed by atoms with van der Waals surface area (Å²) in [4.78, 5) is 0. The Labute approximate surface area is 103 Å². The highest BCUT2D eigenvalue weighted by atomic mass is 16.6. The first kappa shape index (κ1) is 12.6. The summed E-state index contributed by atoms with van der Waals surface area (Å²) in [6.45, 7) is 5.54. The van der Waals surface area contributed by atoms with Gasteiger partial charge < -0.3 is 9.47 Å². The third kappa shape index (κ3) is 3.31. The highest BCUT2D eigenvalue weighted by Crippen LogP contribution is 2.22. The first-order chi connectivity index (χ1) is 8.33. The number of piperidine rings is 1. The molecular weight excluding hydrogens is 216 g/mol. The number of nitrogens with zero attached hydrogens (tertiary/aromatic N) is 1. The standard InChI is InChI=1S/C13H22N2O2/c1-3-5-13(17-12-9-16-10-12)11-6-4-7-15(8-11)14-2/h3,5,12,14H,4,6-10H2,1-2H3/b5-3-,13-11+. The van der Waals surface area contributed by atoms with Crippen LogP contribution in [-0.2, 0) is 9.47 Å². The van der Waals surface area contributed by atoms with E-state index in [1.807, 2.05) is 20.0 Å². The third-order valence-corrected chi connectivity index (χ3v) is 3.17. The quantitative estimate of drug-likeness (QED) is 0.752. The van der Waals surface area contributed by atoms with Gasteiger partial charge in [0.05, 0.1) is 13.2 Å². The molecule has 96 valence electrons. The minimum absolute atomic E-state index is 0.249. The van der Waals surface area contributed by atoms with Gasteiger partial charge in [0.2, 0.25) is 0 Å². The number of hydrogen-bond acceptors (Lipinski definition) is 4. The Morgan fingerprint density at radius 3 is 2.94 bits per heavy atom. The van der Waals surface area contributed by atoms with Crippen LogP contribution in [-0.4, -0.2) is 44.5 Å². The third-order valence-electron chi connectivity index (χ3n) is 3.17. The van der Waals surface area contributed by atoms with E-state index in [0.29, 0.717) is 0 Å². The molecule has 1 N–H and O–H groups in total. The molecule has 17 heavy (non-hydrogen) atoms. The Bertz CT molecular complexity index is 309. The van der Waals surface area contributed by atoms with Gasteiger partial charge in [0.1, 0.15) is 11.9 Å². The molecule has 0 unspecified atom stereocenters. The molecule has 4 heteroatoms. The zero-order valence-electron chi connectivity index (χ0n) is 10.7. The lowest BCUT2D eigenvalue weighted by atomic mass is 10.0. The van der Waals surface area contributed by atoms with E-state index in [1.165, 1.54) is 12.0 Å². The molecule has 0 aromatic carbocycles. The Balaban J connectivity index is 2.04. The summed E-state index contributed by atoms with van der Waals surface area (Å²) in [5, 5.41) is 2.23. The van der Waals surface area contributed by atoms with Gasteiger partial charge in [-0.2, -0.15) is 0 Å². The second-order valence-corrected chi connectivity index (χ2v) is 4.49. The maximum absolute atomic E-state index is 5.97. The summed E-state index contributed by atoms with van der Waals surface area (Å²) >= 11 is 0. The smallest absolute Gasteiger partial charge is 0.145 e. The second-order valence-electron chi connectivity index (χ2n) is 4.49. The molecule has 0 bridgehead atoms. The van der Waals surface area contributed by atoms with Gasteiger partial charge in [0, 0.05) is 13.1 Å². The maximum atomic E-state index is 5.97. The minimum atomic E-state index is 0.249. The molecule has 0 aromatic rings. The van der Waals surface area contributed by atoms with E-state index in [4.69, 9.17) is 9.47 Å². The van der Waals surface area contributed by atoms with Crippen LogP contribution >= 0.6 is 0 Å². The van der Waals surface area contributed by atoms with Gasteiger partial charge >= 0.3 is 0 Å². The number of ether oxygens (including phenoxy) is 2. The van der Waals surface area contributed by atoms with Crippen molar-refractivity contribution in [1.29, 1.82) is 0 Å². The van der Waals surface area contributed by atoms with Crippen LogP contribution in [0.25, 0.3) is 0 Å². The molecule has 0 aliphatic carbocycles. The molecule has 0 aromatic heterocycles. The van der Waals surface area contributed by atoms with Crippen LogP contribution in [0, 0.1) is 0 Å². The van der Waals surface area contributed by atoms with Gasteiger partial charge in [-0.25, -0.2) is 5.01 Å². The van der Waals surface area contributed by atoms with Crippen LogP contribution in [0.4, 0.5) is 0 Å². The summed E-state index contributed by atoms with van der Waals surface area (Å²) in [6.07, 6.45) is 6.68. The fourth-order valence-corrected chi connectivity index (χ4v) is 2.12. The Hall–Kier alpha value is -0.840. The van der Waals surface area contributed by atoms with Gasteiger partial charge in [-0.15, -0.1) is 0 Å². The van der Waals surface area contributed by atoms with Crippen molar-refractivity contribution in [2.75, 3.05) is 33.4 Å². The molecule has 0 radical (unpaired) electrons. The van der Waals surface area contributed by atoms with Crippen molar-refractivity contribution < 1.29 is 9.47 Å². The largest absolute Gasteiger partial charge is 0.486 e. The lowest BCUT2D eigenvalue weighted by Gasteiger charge is -2.32. The first-order valence-electron chi connectivity index (χ1n) is 6.35. The number of hydrogen-bond donors (Lipinski definition) is 1. The van der Waals surface area contributed by atoms with Crippen molar-refractivity contribution in [2.24, 2.45) is 0 Å². The van der Waals surface area contributed by atoms with E-state index < -0.39 is 0 Å². The normalized spacial score (nSPS) is 26.0. The molecule has 2 aliphatic rings. The molecule has 0 spiro atoms. The van der Waals surface area contributed by atoms with Crippen LogP contribution < -0.4 is 5.43 Å². The summed E-state index contributed by atoms with van der Waals surface area (Å²) in [5.41, 5.74) is 4.59. The van der Waals surface area contributed by atoms with Gasteiger partial charge in [-0.1, -0.05) is 6.08 Å². The van der Waals surface area contributed by atoms with Crippen molar-refractivity contribution in [3.63, 3.8) is 0 Å². The number of allylic oxidation sites excluding steroid dienone is 2. The summed E-state index contributed by atoms with van der Waals surface area (Å²) in [5.74, 6) is 1.04. The van der Waals surface area contributed by atoms with Crippen LogP contribution in [0.5, 0.6) is 0 Å². The van der Waals surface area contributed by atoms with E-state index in [-0.39, 0.29) is 6.10 Å². The zero-order chi connectivity index (χ0) is 12.1. The van der Waals surface area contributed by atoms with Crippen molar-refractivity contribution in [3.05, 3.63) is 23.5 Å². The zero-order valence-corrected chi connectivity index (χ0v) is 10.7. The van der Waals surface area contributed by atoms with Crippen LogP contribution in [0.2, 0.25) is 0 Å². The molecule has 4 nitrogen and oxygen atoms in total. The van der Waals surface area contributed by atoms with Crippen molar-refractivity contribution >= 4 is 0 Å². The van der Waals surface area contributed by atoms with E-state index >= 15 is 0 Å². The van der Waals surface area contributed by atoms with E-state index in [0.717, 1.165) is 38.5 Å². The number of hydrazine groups is 1. The molecule has 0 amide bonds. The van der Waals surface area contributed by atoms with E-state index in [2.05, 4.69) is 16.5 Å². The van der Waals surface area contributed by atoms with Crippen molar-refractivity contribution in [3.8, 4) is 0 Å². The lowest BCUT2D eigenvalue weighted by Crippen LogP contribution is -2.41.